The van der Waals surface area contributed by atoms with Gasteiger partial charge in [0.25, 0.3) is 0 Å². The maximum atomic E-state index is 14.2. The van der Waals surface area contributed by atoms with E-state index in [1.54, 1.807) is 0 Å². The van der Waals surface area contributed by atoms with Crippen molar-refractivity contribution in [2.45, 2.75) is 45.3 Å². The molecule has 6 heteroatoms. The molecule has 0 spiro atoms. The zero-order valence-corrected chi connectivity index (χ0v) is 18.1. The third-order valence-corrected chi connectivity index (χ3v) is 5.90. The molecule has 30 heavy (non-hydrogen) atoms. The highest BCUT2D eigenvalue weighted by Gasteiger charge is 2.39. The van der Waals surface area contributed by atoms with E-state index in [0.29, 0.717) is 5.56 Å². The number of hydrogen-bond acceptors (Lipinski definition) is 3. The summed E-state index contributed by atoms with van der Waals surface area (Å²) in [6.07, 6.45) is 0.0652. The van der Waals surface area contributed by atoms with E-state index in [1.807, 2.05) is 20.8 Å². The van der Waals surface area contributed by atoms with Crippen LogP contribution in [0.3, 0.4) is 0 Å². The minimum Gasteiger partial charge on any atom is -0.480 e. The van der Waals surface area contributed by atoms with Crippen LogP contribution in [-0.2, 0) is 9.53 Å². The quantitative estimate of drug-likeness (QED) is 0.562. The van der Waals surface area contributed by atoms with Gasteiger partial charge in [0.2, 0.25) is 0 Å². The number of aliphatic carboxylic acids is 1. The lowest BCUT2D eigenvalue weighted by atomic mass is 9.76. The Morgan fingerprint density at radius 2 is 2.00 bits per heavy atom. The summed E-state index contributed by atoms with van der Waals surface area (Å²) in [5.74, 6) is -1.50. The standard InChI is InChI=1S/C24H26ClFO4/c1-13(2)18-11-19(16-7-5-14(3)6-8-16)15(4)30-23(18)20-9-17(26)10-21(25)24(20)29-12-22(27)28/h5-10,15,18-19,23H,1,11-12H2,2-4H3,(H,27,28)/t15-,18+,19-,23-/m0/s1. The molecule has 1 fully saturated rings. The smallest absolute Gasteiger partial charge is 0.341 e. The molecular formula is C24H26ClFO4. The Bertz CT molecular complexity index is 941. The fourth-order valence-corrected chi connectivity index (χ4v) is 4.33. The van der Waals surface area contributed by atoms with Crippen molar-refractivity contribution >= 4 is 17.6 Å². The molecule has 2 aromatic rings. The monoisotopic (exact) mass is 432 g/mol. The molecular weight excluding hydrogens is 407 g/mol. The van der Waals surface area contributed by atoms with Gasteiger partial charge in [-0.2, -0.15) is 0 Å². The van der Waals surface area contributed by atoms with Crippen LogP contribution < -0.4 is 4.74 Å². The van der Waals surface area contributed by atoms with E-state index >= 15 is 0 Å². The van der Waals surface area contributed by atoms with Gasteiger partial charge in [-0.05, 0) is 44.9 Å². The number of ether oxygens (including phenoxy) is 2. The van der Waals surface area contributed by atoms with Crippen molar-refractivity contribution in [2.24, 2.45) is 5.92 Å². The number of carboxylic acid groups (broad SMARTS) is 1. The number of rotatable bonds is 6. The summed E-state index contributed by atoms with van der Waals surface area (Å²) in [5, 5.41) is 9.01. The van der Waals surface area contributed by atoms with Crippen LogP contribution in [0.5, 0.6) is 5.75 Å². The molecule has 1 saturated heterocycles. The molecule has 2 aromatic carbocycles. The highest BCUT2D eigenvalue weighted by molar-refractivity contribution is 6.32. The average molecular weight is 433 g/mol. The lowest BCUT2D eigenvalue weighted by Crippen LogP contribution is -2.34. The third-order valence-electron chi connectivity index (χ3n) is 5.62. The van der Waals surface area contributed by atoms with Crippen LogP contribution >= 0.6 is 11.6 Å². The first-order valence-electron chi connectivity index (χ1n) is 9.88. The van der Waals surface area contributed by atoms with Crippen molar-refractivity contribution in [3.05, 3.63) is 76.1 Å². The Hall–Kier alpha value is -2.37. The molecule has 4 nitrogen and oxygen atoms in total. The molecule has 1 aliphatic heterocycles. The number of hydrogen-bond donors (Lipinski definition) is 1. The van der Waals surface area contributed by atoms with Gasteiger partial charge in [-0.25, -0.2) is 9.18 Å². The van der Waals surface area contributed by atoms with Gasteiger partial charge >= 0.3 is 5.97 Å². The van der Waals surface area contributed by atoms with E-state index < -0.39 is 24.5 Å². The van der Waals surface area contributed by atoms with Gasteiger partial charge in [0, 0.05) is 17.4 Å². The lowest BCUT2D eigenvalue weighted by molar-refractivity contribution is -0.139. The molecule has 0 unspecified atom stereocenters. The molecule has 1 heterocycles. The normalized spacial score (nSPS) is 23.8. The van der Waals surface area contributed by atoms with Crippen molar-refractivity contribution in [3.63, 3.8) is 0 Å². The van der Waals surface area contributed by atoms with Crippen LogP contribution in [0.15, 0.2) is 48.6 Å². The fraction of sp³-hybridized carbons (Fsp3) is 0.375. The maximum Gasteiger partial charge on any atom is 0.341 e. The van der Waals surface area contributed by atoms with Gasteiger partial charge in [-0.3, -0.25) is 0 Å². The van der Waals surface area contributed by atoms with Gasteiger partial charge in [0.1, 0.15) is 11.6 Å². The molecule has 1 aliphatic rings. The van der Waals surface area contributed by atoms with Crippen LogP contribution in [0.25, 0.3) is 0 Å². The molecule has 0 aromatic heterocycles. The minimum atomic E-state index is -1.14. The second-order valence-corrected chi connectivity index (χ2v) is 8.36. The fourth-order valence-electron chi connectivity index (χ4n) is 4.06. The van der Waals surface area contributed by atoms with Crippen LogP contribution in [0, 0.1) is 18.7 Å². The summed E-state index contributed by atoms with van der Waals surface area (Å²) in [7, 11) is 0. The van der Waals surface area contributed by atoms with Crippen molar-refractivity contribution in [3.8, 4) is 5.75 Å². The second kappa shape index (κ2) is 9.19. The van der Waals surface area contributed by atoms with Gasteiger partial charge in [0.05, 0.1) is 17.2 Å². The van der Waals surface area contributed by atoms with Gasteiger partial charge < -0.3 is 14.6 Å². The minimum absolute atomic E-state index is 0.0172. The molecule has 0 saturated carbocycles. The van der Waals surface area contributed by atoms with Crippen molar-refractivity contribution in [1.82, 2.24) is 0 Å². The zero-order chi connectivity index (χ0) is 22.0. The lowest BCUT2D eigenvalue weighted by Gasteiger charge is -2.42. The predicted molar refractivity (Wildman–Crippen MR) is 115 cm³/mol. The Morgan fingerprint density at radius 1 is 1.33 bits per heavy atom. The Morgan fingerprint density at radius 3 is 2.60 bits per heavy atom. The molecule has 4 atom stereocenters. The van der Waals surface area contributed by atoms with Gasteiger partial charge in [-0.1, -0.05) is 53.6 Å². The van der Waals surface area contributed by atoms with E-state index in [-0.39, 0.29) is 28.7 Å². The number of aryl methyl sites for hydroxylation is 1. The SMILES string of the molecule is C=C(C)[C@H]1C[C@H](c2ccc(C)cc2)[C@H](C)O[C@@H]1c1cc(F)cc(Cl)c1OCC(=O)O. The van der Waals surface area contributed by atoms with Gasteiger partial charge in [-0.15, -0.1) is 0 Å². The van der Waals surface area contributed by atoms with Gasteiger partial charge in [0.15, 0.2) is 6.61 Å². The molecule has 3 rings (SSSR count). The summed E-state index contributed by atoms with van der Waals surface area (Å²) < 4.78 is 26.0. The Labute approximate surface area is 181 Å². The van der Waals surface area contributed by atoms with E-state index in [4.69, 9.17) is 26.2 Å². The average Bonchev–Trinajstić information content (AvgIpc) is 2.67. The first-order chi connectivity index (χ1) is 14.2. The van der Waals surface area contributed by atoms with E-state index in [0.717, 1.165) is 18.1 Å². The Balaban J connectivity index is 1.98. The Kier molecular flexibility index (Phi) is 6.84. The highest BCUT2D eigenvalue weighted by atomic mass is 35.5. The first kappa shape index (κ1) is 22.3. The van der Waals surface area contributed by atoms with E-state index in [9.17, 15) is 9.18 Å². The van der Waals surface area contributed by atoms with Crippen LogP contribution in [0.1, 0.15) is 49.0 Å². The summed E-state index contributed by atoms with van der Waals surface area (Å²) in [6, 6.07) is 10.8. The number of carbonyl (C=O) groups is 1. The van der Waals surface area contributed by atoms with E-state index in [1.165, 1.54) is 17.2 Å². The van der Waals surface area contributed by atoms with Crippen molar-refractivity contribution in [1.29, 1.82) is 0 Å². The van der Waals surface area contributed by atoms with Crippen molar-refractivity contribution in [2.75, 3.05) is 6.61 Å². The number of carboxylic acids is 1. The molecule has 0 aliphatic carbocycles. The number of benzene rings is 2. The number of halogens is 2. The first-order valence-corrected chi connectivity index (χ1v) is 10.3. The molecule has 0 bridgehead atoms. The third kappa shape index (κ3) is 4.85. The molecule has 0 radical (unpaired) electrons. The highest BCUT2D eigenvalue weighted by Crippen LogP contribution is 2.49. The summed E-state index contributed by atoms with van der Waals surface area (Å²) in [4.78, 5) is 11.0. The topological polar surface area (TPSA) is 55.8 Å². The largest absolute Gasteiger partial charge is 0.480 e. The van der Waals surface area contributed by atoms with Crippen LogP contribution in [0.4, 0.5) is 4.39 Å². The zero-order valence-electron chi connectivity index (χ0n) is 17.3. The summed E-state index contributed by atoms with van der Waals surface area (Å²) >= 11 is 6.20. The molecule has 160 valence electrons. The van der Waals surface area contributed by atoms with E-state index in [2.05, 4.69) is 30.8 Å². The predicted octanol–water partition coefficient (Wildman–Crippen LogP) is 6.08. The summed E-state index contributed by atoms with van der Waals surface area (Å²) in [5.41, 5.74) is 3.67. The van der Waals surface area contributed by atoms with Crippen LogP contribution in [0.2, 0.25) is 5.02 Å². The molecule has 0 amide bonds. The van der Waals surface area contributed by atoms with Crippen LogP contribution in [-0.4, -0.2) is 23.8 Å². The summed E-state index contributed by atoms with van der Waals surface area (Å²) in [6.45, 7) is 9.50. The molecule has 1 N–H and O–H groups in total. The second-order valence-electron chi connectivity index (χ2n) is 7.96. The maximum absolute atomic E-state index is 14.2. The van der Waals surface area contributed by atoms with Crippen molar-refractivity contribution < 1.29 is 23.8 Å².